The van der Waals surface area contributed by atoms with Crippen LogP contribution in [0.3, 0.4) is 0 Å². The van der Waals surface area contributed by atoms with Crippen molar-refractivity contribution in [2.45, 2.75) is 13.0 Å². The van der Waals surface area contributed by atoms with E-state index in [2.05, 4.69) is 4.90 Å². The molecule has 0 aromatic heterocycles. The van der Waals surface area contributed by atoms with Crippen LogP contribution < -0.4 is 14.2 Å². The molecule has 0 spiro atoms. The van der Waals surface area contributed by atoms with E-state index in [1.807, 2.05) is 53.4 Å². The van der Waals surface area contributed by atoms with Gasteiger partial charge in [-0.15, -0.1) is 0 Å². The monoisotopic (exact) mass is 412 g/mol. The molecule has 2 aliphatic rings. The molecule has 0 radical (unpaired) electrons. The van der Waals surface area contributed by atoms with Crippen LogP contribution in [0.1, 0.15) is 12.0 Å². The van der Waals surface area contributed by atoms with E-state index < -0.39 is 0 Å². The van der Waals surface area contributed by atoms with Crippen molar-refractivity contribution in [1.29, 1.82) is 0 Å². The molecule has 0 atom stereocenters. The Morgan fingerprint density at radius 1 is 1.03 bits per heavy atom. The van der Waals surface area contributed by atoms with E-state index in [0.717, 1.165) is 56.3 Å². The topological polar surface area (TPSA) is 60.5 Å². The van der Waals surface area contributed by atoms with Crippen LogP contribution in [0, 0.1) is 0 Å². The Balaban J connectivity index is 1.36. The van der Waals surface area contributed by atoms with Crippen LogP contribution in [0.5, 0.6) is 17.2 Å². The molecular formula is C23H28N2O5. The van der Waals surface area contributed by atoms with Crippen LogP contribution in [-0.4, -0.2) is 68.5 Å². The van der Waals surface area contributed by atoms with Crippen molar-refractivity contribution in [3.05, 3.63) is 54.1 Å². The fourth-order valence-electron chi connectivity index (χ4n) is 3.61. The molecule has 7 heteroatoms. The Morgan fingerprint density at radius 3 is 2.67 bits per heavy atom. The first kappa shape index (κ1) is 20.5. The number of morpholine rings is 1. The summed E-state index contributed by atoms with van der Waals surface area (Å²) in [6.45, 7) is 5.86. The van der Waals surface area contributed by atoms with E-state index in [9.17, 15) is 4.79 Å². The minimum Gasteiger partial charge on any atom is -0.484 e. The third-order valence-corrected chi connectivity index (χ3v) is 5.27. The summed E-state index contributed by atoms with van der Waals surface area (Å²) in [5.41, 5.74) is 1.01. The number of hydrogen-bond acceptors (Lipinski definition) is 6. The molecule has 30 heavy (non-hydrogen) atoms. The van der Waals surface area contributed by atoms with Gasteiger partial charge in [0.1, 0.15) is 5.75 Å². The van der Waals surface area contributed by atoms with Gasteiger partial charge in [-0.2, -0.15) is 0 Å². The van der Waals surface area contributed by atoms with Crippen molar-refractivity contribution in [2.75, 3.05) is 52.8 Å². The number of ether oxygens (including phenoxy) is 4. The molecular weight excluding hydrogens is 384 g/mol. The van der Waals surface area contributed by atoms with Crippen LogP contribution in [-0.2, 0) is 16.1 Å². The second-order valence-electron chi connectivity index (χ2n) is 7.41. The van der Waals surface area contributed by atoms with Gasteiger partial charge >= 0.3 is 0 Å². The smallest absolute Gasteiger partial charge is 0.260 e. The largest absolute Gasteiger partial charge is 0.484 e. The fourth-order valence-corrected chi connectivity index (χ4v) is 3.61. The molecule has 0 N–H and O–H groups in total. The molecule has 160 valence electrons. The minimum absolute atomic E-state index is 0.0200. The van der Waals surface area contributed by atoms with Crippen LogP contribution in [0.4, 0.5) is 0 Å². The maximum atomic E-state index is 12.9. The maximum absolute atomic E-state index is 12.9. The quantitative estimate of drug-likeness (QED) is 0.631. The molecule has 1 saturated heterocycles. The van der Waals surface area contributed by atoms with E-state index >= 15 is 0 Å². The van der Waals surface area contributed by atoms with Crippen molar-refractivity contribution in [3.8, 4) is 17.2 Å². The Kier molecular flexibility index (Phi) is 7.05. The molecule has 2 heterocycles. The Bertz CT molecular complexity index is 824. The first-order valence-electron chi connectivity index (χ1n) is 10.4. The summed E-state index contributed by atoms with van der Waals surface area (Å²) >= 11 is 0. The lowest BCUT2D eigenvalue weighted by Gasteiger charge is -2.28. The van der Waals surface area contributed by atoms with E-state index in [0.29, 0.717) is 18.8 Å². The molecule has 4 rings (SSSR count). The summed E-state index contributed by atoms with van der Waals surface area (Å²) in [4.78, 5) is 17.2. The average molecular weight is 412 g/mol. The summed E-state index contributed by atoms with van der Waals surface area (Å²) in [5.74, 6) is 2.14. The maximum Gasteiger partial charge on any atom is 0.260 e. The van der Waals surface area contributed by atoms with Gasteiger partial charge in [-0.25, -0.2) is 0 Å². The van der Waals surface area contributed by atoms with Crippen LogP contribution in [0.15, 0.2) is 48.5 Å². The Morgan fingerprint density at radius 2 is 1.83 bits per heavy atom. The van der Waals surface area contributed by atoms with Gasteiger partial charge < -0.3 is 23.8 Å². The number of amides is 1. The van der Waals surface area contributed by atoms with E-state index in [4.69, 9.17) is 18.9 Å². The van der Waals surface area contributed by atoms with Gasteiger partial charge in [0.15, 0.2) is 18.1 Å². The highest BCUT2D eigenvalue weighted by Crippen LogP contribution is 2.32. The summed E-state index contributed by atoms with van der Waals surface area (Å²) in [5, 5.41) is 0. The number of fused-ring (bicyclic) bond motifs is 1. The van der Waals surface area contributed by atoms with E-state index in [1.54, 1.807) is 0 Å². The lowest BCUT2D eigenvalue weighted by Crippen LogP contribution is -2.40. The van der Waals surface area contributed by atoms with Gasteiger partial charge in [0.2, 0.25) is 6.79 Å². The summed E-state index contributed by atoms with van der Waals surface area (Å²) in [6, 6.07) is 15.2. The molecule has 0 saturated carbocycles. The minimum atomic E-state index is -0.0292. The Labute approximate surface area is 177 Å². The number of rotatable bonds is 9. The number of carbonyl (C=O) groups excluding carboxylic acids is 1. The number of para-hydroxylation sites is 1. The molecule has 2 aromatic rings. The lowest BCUT2D eigenvalue weighted by molar-refractivity contribution is -0.134. The lowest BCUT2D eigenvalue weighted by atomic mass is 10.2. The predicted molar refractivity (Wildman–Crippen MR) is 112 cm³/mol. The number of benzene rings is 2. The summed E-state index contributed by atoms with van der Waals surface area (Å²) < 4.78 is 22.0. The highest BCUT2D eigenvalue weighted by Gasteiger charge is 2.19. The second kappa shape index (κ2) is 10.3. The van der Waals surface area contributed by atoms with Gasteiger partial charge in [0, 0.05) is 32.7 Å². The zero-order valence-corrected chi connectivity index (χ0v) is 17.1. The summed E-state index contributed by atoms with van der Waals surface area (Å²) in [7, 11) is 0. The predicted octanol–water partition coefficient (Wildman–Crippen LogP) is 2.55. The molecule has 2 aliphatic heterocycles. The zero-order valence-electron chi connectivity index (χ0n) is 17.1. The van der Waals surface area contributed by atoms with Crippen LogP contribution in [0.2, 0.25) is 0 Å². The molecule has 1 fully saturated rings. The van der Waals surface area contributed by atoms with E-state index in [1.165, 1.54) is 0 Å². The van der Waals surface area contributed by atoms with Crippen molar-refractivity contribution in [2.24, 2.45) is 0 Å². The highest BCUT2D eigenvalue weighted by atomic mass is 16.7. The molecule has 0 bridgehead atoms. The average Bonchev–Trinajstić information content (AvgIpc) is 3.26. The van der Waals surface area contributed by atoms with Gasteiger partial charge in [-0.3, -0.25) is 9.69 Å². The van der Waals surface area contributed by atoms with Gasteiger partial charge in [0.25, 0.3) is 5.91 Å². The first-order chi connectivity index (χ1) is 14.8. The van der Waals surface area contributed by atoms with Gasteiger partial charge in [-0.05, 0) is 36.2 Å². The third kappa shape index (κ3) is 5.64. The molecule has 0 aliphatic carbocycles. The SMILES string of the molecule is O=C(COc1ccccc1)N(CCCN1CCOCC1)Cc1ccc2c(c1)OCO2. The highest BCUT2D eigenvalue weighted by molar-refractivity contribution is 5.77. The zero-order chi connectivity index (χ0) is 20.6. The van der Waals surface area contributed by atoms with Gasteiger partial charge in [-0.1, -0.05) is 24.3 Å². The van der Waals surface area contributed by atoms with Crippen molar-refractivity contribution < 1.29 is 23.7 Å². The van der Waals surface area contributed by atoms with Crippen LogP contribution in [0.25, 0.3) is 0 Å². The number of hydrogen-bond donors (Lipinski definition) is 0. The molecule has 1 amide bonds. The van der Waals surface area contributed by atoms with Crippen molar-refractivity contribution in [3.63, 3.8) is 0 Å². The molecule has 2 aromatic carbocycles. The summed E-state index contributed by atoms with van der Waals surface area (Å²) in [6.07, 6.45) is 0.904. The molecule has 7 nitrogen and oxygen atoms in total. The molecule has 0 unspecified atom stereocenters. The van der Waals surface area contributed by atoms with Crippen molar-refractivity contribution in [1.82, 2.24) is 9.80 Å². The second-order valence-corrected chi connectivity index (χ2v) is 7.41. The standard InChI is InChI=1S/C23H28N2O5/c26-23(17-28-20-5-2-1-3-6-20)25(10-4-9-24-11-13-27-14-12-24)16-19-7-8-21-22(15-19)30-18-29-21/h1-3,5-8,15H,4,9-14,16-18H2. The third-order valence-electron chi connectivity index (χ3n) is 5.27. The van der Waals surface area contributed by atoms with Crippen molar-refractivity contribution >= 4 is 5.91 Å². The Hall–Kier alpha value is -2.77. The first-order valence-corrected chi connectivity index (χ1v) is 10.4. The number of nitrogens with zero attached hydrogens (tertiary/aromatic N) is 2. The number of carbonyl (C=O) groups is 1. The van der Waals surface area contributed by atoms with E-state index in [-0.39, 0.29) is 19.3 Å². The fraction of sp³-hybridized carbons (Fsp3) is 0.435. The van der Waals surface area contributed by atoms with Crippen LogP contribution >= 0.6 is 0 Å². The van der Waals surface area contributed by atoms with Gasteiger partial charge in [0.05, 0.1) is 13.2 Å². The normalized spacial score (nSPS) is 15.7.